The number of Topliss-reactive ketones (excluding diaryl/α,β-unsaturated/α-hetero) is 1. The van der Waals surface area contributed by atoms with Crippen LogP contribution in [0, 0.1) is 11.6 Å². The second kappa shape index (κ2) is 4.41. The molecule has 2 nitrogen and oxygen atoms in total. The molecule has 76 valence electrons. The third-order valence-electron chi connectivity index (χ3n) is 1.57. The van der Waals surface area contributed by atoms with E-state index in [0.29, 0.717) is 6.07 Å². The van der Waals surface area contributed by atoms with Crippen LogP contribution in [-0.2, 0) is 10.8 Å². The Hall–Kier alpha value is -1.10. The van der Waals surface area contributed by atoms with Gasteiger partial charge in [0, 0.05) is 23.1 Å². The number of hydrogen-bond acceptors (Lipinski definition) is 2. The standard InChI is InChI=1S/C9H8F2O2S/c1-14(13)5-9(12)7-3-2-6(10)4-8(7)11/h2-4H,5H2,1H3. The number of rotatable bonds is 3. The van der Waals surface area contributed by atoms with Crippen LogP contribution in [-0.4, -0.2) is 22.0 Å². The van der Waals surface area contributed by atoms with Crippen molar-refractivity contribution in [1.82, 2.24) is 0 Å². The van der Waals surface area contributed by atoms with Crippen molar-refractivity contribution in [2.24, 2.45) is 0 Å². The van der Waals surface area contributed by atoms with Gasteiger partial charge in [-0.15, -0.1) is 0 Å². The highest BCUT2D eigenvalue weighted by Crippen LogP contribution is 2.10. The summed E-state index contributed by atoms with van der Waals surface area (Å²) in [6.07, 6.45) is 1.35. The summed E-state index contributed by atoms with van der Waals surface area (Å²) in [5.41, 5.74) is -0.221. The minimum Gasteiger partial charge on any atom is -0.293 e. The first-order valence-electron chi connectivity index (χ1n) is 3.79. The predicted octanol–water partition coefficient (Wildman–Crippen LogP) is 1.53. The van der Waals surface area contributed by atoms with Gasteiger partial charge in [-0.3, -0.25) is 9.00 Å². The molecule has 0 heterocycles. The molecule has 14 heavy (non-hydrogen) atoms. The van der Waals surface area contributed by atoms with Crippen LogP contribution in [0.1, 0.15) is 10.4 Å². The molecule has 1 unspecified atom stereocenters. The number of ketones is 1. The average molecular weight is 218 g/mol. The zero-order valence-corrected chi connectivity index (χ0v) is 8.24. The van der Waals surface area contributed by atoms with E-state index in [1.165, 1.54) is 6.26 Å². The molecule has 0 saturated carbocycles. The molecule has 0 aliphatic rings. The number of benzene rings is 1. The van der Waals surface area contributed by atoms with E-state index in [1.807, 2.05) is 0 Å². The summed E-state index contributed by atoms with van der Waals surface area (Å²) in [6, 6.07) is 2.68. The Balaban J connectivity index is 2.96. The van der Waals surface area contributed by atoms with Gasteiger partial charge in [-0.2, -0.15) is 0 Å². The third-order valence-corrected chi connectivity index (χ3v) is 2.23. The number of hydrogen-bond donors (Lipinski definition) is 0. The van der Waals surface area contributed by atoms with Crippen LogP contribution in [0.3, 0.4) is 0 Å². The lowest BCUT2D eigenvalue weighted by atomic mass is 10.1. The van der Waals surface area contributed by atoms with Crippen molar-refractivity contribution in [3.63, 3.8) is 0 Å². The van der Waals surface area contributed by atoms with Crippen LogP contribution in [0.4, 0.5) is 8.78 Å². The molecule has 0 aliphatic carbocycles. The highest BCUT2D eigenvalue weighted by molar-refractivity contribution is 7.85. The first-order chi connectivity index (χ1) is 6.50. The second-order valence-corrected chi connectivity index (χ2v) is 4.20. The Kier molecular flexibility index (Phi) is 3.46. The lowest BCUT2D eigenvalue weighted by molar-refractivity contribution is 0.101. The van der Waals surface area contributed by atoms with Crippen molar-refractivity contribution in [2.45, 2.75) is 0 Å². The summed E-state index contributed by atoms with van der Waals surface area (Å²) in [5.74, 6) is -2.48. The minimum atomic E-state index is -1.32. The third kappa shape index (κ3) is 2.70. The zero-order valence-electron chi connectivity index (χ0n) is 7.42. The first kappa shape index (κ1) is 11.0. The van der Waals surface area contributed by atoms with Crippen molar-refractivity contribution in [3.8, 4) is 0 Å². The molecule has 0 aliphatic heterocycles. The van der Waals surface area contributed by atoms with Crippen molar-refractivity contribution < 1.29 is 17.8 Å². The van der Waals surface area contributed by atoms with Crippen LogP contribution in [0.5, 0.6) is 0 Å². The van der Waals surface area contributed by atoms with Crippen LogP contribution in [0.2, 0.25) is 0 Å². The molecule has 0 fully saturated rings. The molecule has 1 aromatic carbocycles. The van der Waals surface area contributed by atoms with Crippen molar-refractivity contribution in [3.05, 3.63) is 35.4 Å². The molecule has 0 amide bonds. The molecule has 1 aromatic rings. The highest BCUT2D eigenvalue weighted by Gasteiger charge is 2.13. The zero-order chi connectivity index (χ0) is 10.7. The molecule has 5 heteroatoms. The van der Waals surface area contributed by atoms with Crippen LogP contribution >= 0.6 is 0 Å². The fraction of sp³-hybridized carbons (Fsp3) is 0.222. The Labute approximate surface area is 82.4 Å². The van der Waals surface area contributed by atoms with Crippen molar-refractivity contribution >= 4 is 16.6 Å². The predicted molar refractivity (Wildman–Crippen MR) is 49.6 cm³/mol. The highest BCUT2D eigenvalue weighted by atomic mass is 32.2. The minimum absolute atomic E-state index is 0.221. The lowest BCUT2D eigenvalue weighted by Crippen LogP contribution is -2.11. The summed E-state index contributed by atoms with van der Waals surface area (Å²) in [6.45, 7) is 0. The molecule has 1 rings (SSSR count). The van der Waals surface area contributed by atoms with Crippen LogP contribution in [0.25, 0.3) is 0 Å². The maximum Gasteiger partial charge on any atom is 0.178 e. The van der Waals surface area contributed by atoms with E-state index in [0.717, 1.165) is 12.1 Å². The van der Waals surface area contributed by atoms with Gasteiger partial charge < -0.3 is 0 Å². The van der Waals surface area contributed by atoms with E-state index in [-0.39, 0.29) is 11.3 Å². The van der Waals surface area contributed by atoms with E-state index in [2.05, 4.69) is 0 Å². The lowest BCUT2D eigenvalue weighted by Gasteiger charge is -2.00. The van der Waals surface area contributed by atoms with Gasteiger partial charge in [0.2, 0.25) is 0 Å². The SMILES string of the molecule is CS(=O)CC(=O)c1ccc(F)cc1F. The fourth-order valence-corrected chi connectivity index (χ4v) is 1.50. The van der Waals surface area contributed by atoms with Gasteiger partial charge in [0.25, 0.3) is 0 Å². The molecule has 0 N–H and O–H groups in total. The van der Waals surface area contributed by atoms with Gasteiger partial charge in [-0.1, -0.05) is 0 Å². The summed E-state index contributed by atoms with van der Waals surface area (Å²) >= 11 is 0. The normalized spacial score (nSPS) is 12.5. The molecule has 0 aromatic heterocycles. The van der Waals surface area contributed by atoms with Gasteiger partial charge in [0.15, 0.2) is 5.78 Å². The van der Waals surface area contributed by atoms with Gasteiger partial charge in [-0.25, -0.2) is 8.78 Å². The van der Waals surface area contributed by atoms with Crippen LogP contribution < -0.4 is 0 Å². The molecular formula is C9H8F2O2S. The fourth-order valence-electron chi connectivity index (χ4n) is 0.978. The Morgan fingerprint density at radius 1 is 1.43 bits per heavy atom. The summed E-state index contributed by atoms with van der Waals surface area (Å²) in [4.78, 5) is 11.2. The number of carbonyl (C=O) groups is 1. The number of carbonyl (C=O) groups excluding carboxylic acids is 1. The molecule has 0 spiro atoms. The number of halogens is 2. The second-order valence-electron chi connectivity index (χ2n) is 2.76. The van der Waals surface area contributed by atoms with Gasteiger partial charge in [0.05, 0.1) is 11.3 Å². The molecule has 1 atom stereocenters. The van der Waals surface area contributed by atoms with Gasteiger partial charge in [0.1, 0.15) is 11.6 Å². The summed E-state index contributed by atoms with van der Waals surface area (Å²) in [7, 11) is -1.32. The largest absolute Gasteiger partial charge is 0.293 e. The average Bonchev–Trinajstić information content (AvgIpc) is 2.01. The van der Waals surface area contributed by atoms with E-state index in [4.69, 9.17) is 0 Å². The maximum absolute atomic E-state index is 13.0. The van der Waals surface area contributed by atoms with Crippen molar-refractivity contribution in [1.29, 1.82) is 0 Å². The van der Waals surface area contributed by atoms with E-state index < -0.39 is 28.2 Å². The Morgan fingerprint density at radius 3 is 2.57 bits per heavy atom. The summed E-state index contributed by atoms with van der Waals surface area (Å²) < 4.78 is 36.2. The van der Waals surface area contributed by atoms with Gasteiger partial charge in [-0.05, 0) is 12.1 Å². The molecular weight excluding hydrogens is 210 g/mol. The Morgan fingerprint density at radius 2 is 2.07 bits per heavy atom. The van der Waals surface area contributed by atoms with Crippen molar-refractivity contribution in [2.75, 3.05) is 12.0 Å². The van der Waals surface area contributed by atoms with E-state index in [1.54, 1.807) is 0 Å². The summed E-state index contributed by atoms with van der Waals surface area (Å²) in [5, 5.41) is 0. The first-order valence-corrected chi connectivity index (χ1v) is 5.51. The van der Waals surface area contributed by atoms with E-state index in [9.17, 15) is 17.8 Å². The monoisotopic (exact) mass is 218 g/mol. The molecule has 0 bridgehead atoms. The Bertz CT molecular complexity index is 390. The molecule has 0 saturated heterocycles. The smallest absolute Gasteiger partial charge is 0.178 e. The molecule has 0 radical (unpaired) electrons. The van der Waals surface area contributed by atoms with E-state index >= 15 is 0 Å². The maximum atomic E-state index is 13.0. The quantitative estimate of drug-likeness (QED) is 0.721. The van der Waals surface area contributed by atoms with Gasteiger partial charge >= 0.3 is 0 Å². The topological polar surface area (TPSA) is 34.1 Å². The van der Waals surface area contributed by atoms with Crippen LogP contribution in [0.15, 0.2) is 18.2 Å².